The Hall–Kier alpha value is -4.14. The van der Waals surface area contributed by atoms with Gasteiger partial charge in [0, 0.05) is 42.3 Å². The summed E-state index contributed by atoms with van der Waals surface area (Å²) >= 11 is 6.15. The zero-order valence-electron chi connectivity index (χ0n) is 20.9. The van der Waals surface area contributed by atoms with Gasteiger partial charge in [0.1, 0.15) is 23.6 Å². The van der Waals surface area contributed by atoms with Crippen LogP contribution in [0.5, 0.6) is 5.75 Å². The topological polar surface area (TPSA) is 147 Å². The number of carbonyl (C=O) groups is 2. The maximum atomic E-state index is 13.2. The Kier molecular flexibility index (Phi) is 7.65. The fourth-order valence-corrected chi connectivity index (χ4v) is 4.60. The second kappa shape index (κ2) is 11.2. The lowest BCUT2D eigenvalue weighted by Crippen LogP contribution is -2.49. The van der Waals surface area contributed by atoms with Crippen LogP contribution in [-0.4, -0.2) is 83.2 Å². The fraction of sp³-hybridized carbons (Fsp3) is 0.320. The highest BCUT2D eigenvalue weighted by atomic mass is 35.5. The van der Waals surface area contributed by atoms with E-state index in [0.29, 0.717) is 5.65 Å². The summed E-state index contributed by atoms with van der Waals surface area (Å²) in [5.74, 6) is -1.16. The molecule has 3 aromatic heterocycles. The van der Waals surface area contributed by atoms with Gasteiger partial charge in [0.2, 0.25) is 5.91 Å². The predicted octanol–water partition coefficient (Wildman–Crippen LogP) is 2.45. The Morgan fingerprint density at radius 1 is 1.25 bits per heavy atom. The molecule has 1 aliphatic heterocycles. The molecular formula is C25H24ClF2N7O5. The highest BCUT2D eigenvalue weighted by molar-refractivity contribution is 6.31. The van der Waals surface area contributed by atoms with Gasteiger partial charge in [-0.05, 0) is 37.1 Å². The molecule has 0 radical (unpaired) electrons. The molecule has 0 saturated carbocycles. The number of anilines is 1. The van der Waals surface area contributed by atoms with Crippen LogP contribution >= 0.6 is 11.6 Å². The zero-order valence-corrected chi connectivity index (χ0v) is 21.6. The van der Waals surface area contributed by atoms with Crippen LogP contribution in [0.1, 0.15) is 23.2 Å². The van der Waals surface area contributed by atoms with Crippen LogP contribution in [0.15, 0.2) is 49.1 Å². The molecule has 5 rings (SSSR count). The molecule has 1 aromatic carbocycles. The number of carbonyl (C=O) groups excluding carboxylic acids is 2. The molecule has 1 fully saturated rings. The van der Waals surface area contributed by atoms with Gasteiger partial charge in [0.05, 0.1) is 24.1 Å². The summed E-state index contributed by atoms with van der Waals surface area (Å²) in [7, 11) is 0. The van der Waals surface area contributed by atoms with Crippen molar-refractivity contribution in [2.75, 3.05) is 25.0 Å². The number of aliphatic hydroxyl groups excluding tert-OH is 1. The number of piperidine rings is 1. The van der Waals surface area contributed by atoms with Gasteiger partial charge >= 0.3 is 6.61 Å². The summed E-state index contributed by atoms with van der Waals surface area (Å²) in [5, 5.41) is 31.0. The van der Waals surface area contributed by atoms with Crippen LogP contribution in [0.3, 0.4) is 0 Å². The van der Waals surface area contributed by atoms with Gasteiger partial charge in [-0.15, -0.1) is 0 Å². The minimum absolute atomic E-state index is 0.0389. The minimum atomic E-state index is -3.14. The van der Waals surface area contributed by atoms with Crippen molar-refractivity contribution in [1.29, 1.82) is 0 Å². The number of nitrogens with one attached hydrogen (secondary N) is 1. The van der Waals surface area contributed by atoms with Gasteiger partial charge < -0.3 is 25.2 Å². The van der Waals surface area contributed by atoms with Gasteiger partial charge in [0.25, 0.3) is 5.91 Å². The number of nitrogens with zero attached hydrogens (tertiary/aromatic N) is 6. The Labute approximate surface area is 230 Å². The first-order valence-corrected chi connectivity index (χ1v) is 12.6. The molecule has 0 atom stereocenters. The van der Waals surface area contributed by atoms with E-state index in [0.717, 1.165) is 0 Å². The van der Waals surface area contributed by atoms with E-state index in [2.05, 4.69) is 25.2 Å². The van der Waals surface area contributed by atoms with E-state index in [-0.39, 0.29) is 71.7 Å². The van der Waals surface area contributed by atoms with Crippen LogP contribution < -0.4 is 10.1 Å². The number of hydrogen-bond donors (Lipinski definition) is 3. The van der Waals surface area contributed by atoms with Gasteiger partial charge in [-0.25, -0.2) is 9.50 Å². The second-order valence-corrected chi connectivity index (χ2v) is 9.71. The van der Waals surface area contributed by atoms with Crippen molar-refractivity contribution in [1.82, 2.24) is 29.3 Å². The quantitative estimate of drug-likeness (QED) is 0.290. The highest BCUT2D eigenvalue weighted by Crippen LogP contribution is 2.37. The number of aliphatic hydroxyl groups is 2. The average Bonchev–Trinajstić information content (AvgIpc) is 3.54. The number of ether oxygens (including phenoxy) is 1. The molecule has 210 valence electrons. The fourth-order valence-electron chi connectivity index (χ4n) is 4.42. The summed E-state index contributed by atoms with van der Waals surface area (Å²) in [6.07, 6.45) is 6.28. The number of halogens is 3. The van der Waals surface area contributed by atoms with Gasteiger partial charge in [-0.1, -0.05) is 11.6 Å². The molecule has 2 amide bonds. The standard InChI is InChI=1S/C25H24ClF2N7O5/c26-15-2-3-19(40-24(27)28)16(10-15)21-18(31-23(38)17-11-30-35-7-1-6-29-22(17)35)12-34(32-21)13-20(37)33-8-4-25(39,14-36)5-9-33/h1-3,6-7,10-12,24,36,39H,4-5,8-9,13-14H2,(H,31,38). The SMILES string of the molecule is O=C(Nc1cn(CC(=O)N2CCC(O)(CO)CC2)nc1-c1cc(Cl)ccc1OC(F)F)c1cnn2cccnc12. The van der Waals surface area contributed by atoms with Crippen molar-refractivity contribution >= 4 is 34.7 Å². The zero-order chi connectivity index (χ0) is 28.4. The summed E-state index contributed by atoms with van der Waals surface area (Å²) in [6, 6.07) is 5.64. The number of hydrogen-bond acceptors (Lipinski definition) is 8. The van der Waals surface area contributed by atoms with Crippen molar-refractivity contribution in [2.45, 2.75) is 31.6 Å². The lowest BCUT2D eigenvalue weighted by Gasteiger charge is -2.36. The van der Waals surface area contributed by atoms with Gasteiger partial charge in [-0.2, -0.15) is 19.0 Å². The third-order valence-corrected chi connectivity index (χ3v) is 6.82. The number of rotatable bonds is 8. The summed E-state index contributed by atoms with van der Waals surface area (Å²) in [6.45, 7) is -3.31. The molecule has 1 aliphatic rings. The molecule has 0 spiro atoms. The van der Waals surface area contributed by atoms with Crippen molar-refractivity contribution in [3.05, 3.63) is 59.6 Å². The van der Waals surface area contributed by atoms with Crippen molar-refractivity contribution in [3.63, 3.8) is 0 Å². The summed E-state index contributed by atoms with van der Waals surface area (Å²) in [5.41, 5.74) is -0.580. The monoisotopic (exact) mass is 575 g/mol. The van der Waals surface area contributed by atoms with Gasteiger partial charge in [0.15, 0.2) is 5.65 Å². The Balaban J connectivity index is 1.47. The summed E-state index contributed by atoms with van der Waals surface area (Å²) in [4.78, 5) is 31.9. The van der Waals surface area contributed by atoms with Crippen LogP contribution in [0.25, 0.3) is 16.9 Å². The summed E-state index contributed by atoms with van der Waals surface area (Å²) < 4.78 is 33.7. The average molecular weight is 576 g/mol. The molecule has 12 nitrogen and oxygen atoms in total. The first-order valence-electron chi connectivity index (χ1n) is 12.2. The van der Waals surface area contributed by atoms with Crippen molar-refractivity contribution in [2.24, 2.45) is 0 Å². The second-order valence-electron chi connectivity index (χ2n) is 9.27. The highest BCUT2D eigenvalue weighted by Gasteiger charge is 2.33. The molecule has 4 aromatic rings. The van der Waals surface area contributed by atoms with E-state index in [9.17, 15) is 28.6 Å². The number of benzene rings is 1. The van der Waals surface area contributed by atoms with E-state index < -0.39 is 24.7 Å². The maximum absolute atomic E-state index is 13.2. The van der Waals surface area contributed by atoms with Crippen LogP contribution in [0, 0.1) is 0 Å². The number of fused-ring (bicyclic) bond motifs is 1. The first-order chi connectivity index (χ1) is 19.2. The molecule has 0 aliphatic carbocycles. The van der Waals surface area contributed by atoms with E-state index in [1.807, 2.05) is 0 Å². The Morgan fingerprint density at radius 2 is 2.02 bits per heavy atom. The largest absolute Gasteiger partial charge is 0.434 e. The first kappa shape index (κ1) is 27.4. The van der Waals surface area contributed by atoms with Crippen molar-refractivity contribution < 1.29 is 33.3 Å². The van der Waals surface area contributed by atoms with Crippen LogP contribution in [0.4, 0.5) is 14.5 Å². The lowest BCUT2D eigenvalue weighted by molar-refractivity contribution is -0.137. The molecule has 0 bridgehead atoms. The third-order valence-electron chi connectivity index (χ3n) is 6.59. The molecular weight excluding hydrogens is 552 g/mol. The van der Waals surface area contributed by atoms with Crippen LogP contribution in [0.2, 0.25) is 5.02 Å². The minimum Gasteiger partial charge on any atom is -0.434 e. The number of likely N-dealkylation sites (tertiary alicyclic amines) is 1. The van der Waals surface area contributed by atoms with E-state index in [4.69, 9.17) is 11.6 Å². The van der Waals surface area contributed by atoms with Crippen molar-refractivity contribution in [3.8, 4) is 17.0 Å². The molecule has 1 saturated heterocycles. The van der Waals surface area contributed by atoms with Crippen LogP contribution in [-0.2, 0) is 11.3 Å². The lowest BCUT2D eigenvalue weighted by atomic mass is 9.92. The molecule has 40 heavy (non-hydrogen) atoms. The molecule has 3 N–H and O–H groups in total. The molecule has 0 unspecified atom stereocenters. The normalized spacial score (nSPS) is 15.0. The Bertz CT molecular complexity index is 1550. The van der Waals surface area contributed by atoms with E-state index >= 15 is 0 Å². The molecule has 15 heteroatoms. The van der Waals surface area contributed by atoms with Gasteiger partial charge in [-0.3, -0.25) is 14.3 Å². The number of alkyl halides is 2. The van der Waals surface area contributed by atoms with E-state index in [1.54, 1.807) is 12.3 Å². The van der Waals surface area contributed by atoms with E-state index in [1.165, 1.54) is 50.9 Å². The number of amides is 2. The maximum Gasteiger partial charge on any atom is 0.387 e. The molecule has 4 heterocycles. The number of aromatic nitrogens is 5. The Morgan fingerprint density at radius 3 is 2.75 bits per heavy atom. The smallest absolute Gasteiger partial charge is 0.387 e. The predicted molar refractivity (Wildman–Crippen MR) is 138 cm³/mol. The third kappa shape index (κ3) is 5.73.